The number of aliphatic hydroxyl groups excluding tert-OH is 1. The van der Waals surface area contributed by atoms with Gasteiger partial charge in [-0.25, -0.2) is 4.39 Å². The fraction of sp³-hybridized carbons (Fsp3) is 0.462. The molecule has 17 heavy (non-hydrogen) atoms. The summed E-state index contributed by atoms with van der Waals surface area (Å²) in [5.74, 6) is -0.680. The number of benzene rings is 1. The van der Waals surface area contributed by atoms with E-state index in [2.05, 4.69) is 5.32 Å². The van der Waals surface area contributed by atoms with Crippen molar-refractivity contribution in [2.75, 3.05) is 0 Å². The van der Waals surface area contributed by atoms with Crippen molar-refractivity contribution >= 4 is 5.91 Å². The van der Waals surface area contributed by atoms with Gasteiger partial charge in [-0.05, 0) is 37.0 Å². The minimum atomic E-state index is -0.511. The predicted octanol–water partition coefficient (Wildman–Crippen LogP) is 1.60. The molecule has 0 saturated heterocycles. The summed E-state index contributed by atoms with van der Waals surface area (Å²) in [4.78, 5) is 11.8. The summed E-state index contributed by atoms with van der Waals surface area (Å²) >= 11 is 0. The molecule has 4 heteroatoms. The maximum Gasteiger partial charge on any atom is 0.225 e. The van der Waals surface area contributed by atoms with Crippen LogP contribution in [0.1, 0.15) is 24.8 Å². The smallest absolute Gasteiger partial charge is 0.225 e. The van der Waals surface area contributed by atoms with Crippen LogP contribution in [-0.4, -0.2) is 17.1 Å². The van der Waals surface area contributed by atoms with Crippen LogP contribution < -0.4 is 5.32 Å². The lowest BCUT2D eigenvalue weighted by Gasteiger charge is -2.14. The Morgan fingerprint density at radius 2 is 2.06 bits per heavy atom. The number of halogens is 1. The molecule has 2 rings (SSSR count). The van der Waals surface area contributed by atoms with Crippen molar-refractivity contribution < 1.29 is 14.3 Å². The number of amides is 1. The topological polar surface area (TPSA) is 49.3 Å². The number of hydrogen-bond donors (Lipinski definition) is 2. The van der Waals surface area contributed by atoms with E-state index in [1.165, 1.54) is 12.1 Å². The van der Waals surface area contributed by atoms with E-state index < -0.39 is 6.10 Å². The van der Waals surface area contributed by atoms with E-state index in [1.807, 2.05) is 0 Å². The minimum Gasteiger partial charge on any atom is -0.392 e. The summed E-state index contributed by atoms with van der Waals surface area (Å²) < 4.78 is 12.7. The third-order valence-corrected chi connectivity index (χ3v) is 3.20. The Hall–Kier alpha value is -1.42. The average molecular weight is 237 g/mol. The lowest BCUT2D eigenvalue weighted by Crippen LogP contribution is -2.34. The first-order chi connectivity index (χ1) is 8.16. The molecule has 2 N–H and O–H groups in total. The maximum absolute atomic E-state index is 12.7. The van der Waals surface area contributed by atoms with E-state index in [1.54, 1.807) is 12.1 Å². The van der Waals surface area contributed by atoms with Crippen molar-refractivity contribution in [3.8, 4) is 0 Å². The Bertz CT molecular complexity index is 391. The van der Waals surface area contributed by atoms with Crippen LogP contribution in [0.3, 0.4) is 0 Å². The van der Waals surface area contributed by atoms with Gasteiger partial charge in [0.05, 0.1) is 12.0 Å². The van der Waals surface area contributed by atoms with E-state index in [-0.39, 0.29) is 17.6 Å². The van der Waals surface area contributed by atoms with Crippen LogP contribution in [0.4, 0.5) is 4.39 Å². The molecular formula is C13H16FNO2. The van der Waals surface area contributed by atoms with Gasteiger partial charge in [0.25, 0.3) is 0 Å². The van der Waals surface area contributed by atoms with Crippen molar-refractivity contribution in [2.24, 2.45) is 5.92 Å². The van der Waals surface area contributed by atoms with E-state index in [0.717, 1.165) is 18.4 Å². The van der Waals surface area contributed by atoms with Gasteiger partial charge in [-0.15, -0.1) is 0 Å². The van der Waals surface area contributed by atoms with Crippen molar-refractivity contribution in [1.82, 2.24) is 5.32 Å². The summed E-state index contributed by atoms with van der Waals surface area (Å²) in [5.41, 5.74) is 0.854. The van der Waals surface area contributed by atoms with Gasteiger partial charge in [-0.3, -0.25) is 4.79 Å². The van der Waals surface area contributed by atoms with Gasteiger partial charge in [0.2, 0.25) is 5.91 Å². The lowest BCUT2D eigenvalue weighted by molar-refractivity contribution is -0.127. The van der Waals surface area contributed by atoms with Gasteiger partial charge < -0.3 is 10.4 Å². The fourth-order valence-electron chi connectivity index (χ4n) is 2.17. The highest BCUT2D eigenvalue weighted by Crippen LogP contribution is 2.25. The van der Waals surface area contributed by atoms with Crippen LogP contribution in [0.15, 0.2) is 24.3 Å². The second-order valence-electron chi connectivity index (χ2n) is 4.45. The molecule has 3 nitrogen and oxygen atoms in total. The summed E-state index contributed by atoms with van der Waals surface area (Å²) in [6.45, 7) is 0.377. The Labute approximate surface area is 99.7 Å². The van der Waals surface area contributed by atoms with Gasteiger partial charge in [0, 0.05) is 6.54 Å². The third kappa shape index (κ3) is 3.03. The Morgan fingerprint density at radius 1 is 1.35 bits per heavy atom. The van der Waals surface area contributed by atoms with Crippen LogP contribution in [0.2, 0.25) is 0 Å². The van der Waals surface area contributed by atoms with Crippen LogP contribution in [0.25, 0.3) is 0 Å². The lowest BCUT2D eigenvalue weighted by atomic mass is 10.1. The molecule has 2 atom stereocenters. The molecule has 1 aliphatic carbocycles. The molecule has 2 unspecified atom stereocenters. The molecule has 92 valence electrons. The Morgan fingerprint density at radius 3 is 2.65 bits per heavy atom. The molecule has 1 aliphatic rings. The zero-order valence-corrected chi connectivity index (χ0v) is 9.53. The number of hydrogen-bond acceptors (Lipinski definition) is 2. The second-order valence-corrected chi connectivity index (χ2v) is 4.45. The van der Waals surface area contributed by atoms with Crippen molar-refractivity contribution in [3.05, 3.63) is 35.6 Å². The van der Waals surface area contributed by atoms with Crippen LogP contribution in [0, 0.1) is 11.7 Å². The zero-order chi connectivity index (χ0) is 12.3. The highest BCUT2D eigenvalue weighted by molar-refractivity contribution is 5.79. The fourth-order valence-corrected chi connectivity index (χ4v) is 2.17. The highest BCUT2D eigenvalue weighted by atomic mass is 19.1. The summed E-state index contributed by atoms with van der Waals surface area (Å²) in [5, 5.41) is 12.4. The Balaban J connectivity index is 1.85. The summed E-state index contributed by atoms with van der Waals surface area (Å²) in [7, 11) is 0. The molecule has 0 heterocycles. The molecule has 1 amide bonds. The van der Waals surface area contributed by atoms with E-state index >= 15 is 0 Å². The highest BCUT2D eigenvalue weighted by Gasteiger charge is 2.30. The number of aliphatic hydroxyl groups is 1. The molecule has 1 fully saturated rings. The number of carbonyl (C=O) groups is 1. The standard InChI is InChI=1S/C13H16FNO2/c14-10-6-4-9(5-7-10)8-15-13(17)11-2-1-3-12(11)16/h4-7,11-12,16H,1-3,8H2,(H,15,17). The summed E-state index contributed by atoms with van der Waals surface area (Å²) in [6.07, 6.45) is 1.84. The second kappa shape index (κ2) is 5.27. The Kier molecular flexibility index (Phi) is 3.74. The first-order valence-corrected chi connectivity index (χ1v) is 5.87. The molecule has 0 radical (unpaired) electrons. The van der Waals surface area contributed by atoms with E-state index in [0.29, 0.717) is 13.0 Å². The summed E-state index contributed by atoms with van der Waals surface area (Å²) in [6, 6.07) is 6.01. The molecule has 1 saturated carbocycles. The zero-order valence-electron chi connectivity index (χ0n) is 9.53. The molecule has 1 aromatic carbocycles. The number of nitrogens with one attached hydrogen (secondary N) is 1. The van der Waals surface area contributed by atoms with E-state index in [4.69, 9.17) is 0 Å². The van der Waals surface area contributed by atoms with Crippen LogP contribution in [-0.2, 0) is 11.3 Å². The van der Waals surface area contributed by atoms with Gasteiger partial charge in [-0.2, -0.15) is 0 Å². The largest absolute Gasteiger partial charge is 0.392 e. The average Bonchev–Trinajstić information content (AvgIpc) is 2.74. The van der Waals surface area contributed by atoms with Crippen LogP contribution in [0.5, 0.6) is 0 Å². The molecule has 1 aromatic rings. The molecule has 0 aliphatic heterocycles. The van der Waals surface area contributed by atoms with E-state index in [9.17, 15) is 14.3 Å². The van der Waals surface area contributed by atoms with Crippen molar-refractivity contribution in [3.63, 3.8) is 0 Å². The third-order valence-electron chi connectivity index (χ3n) is 3.20. The van der Waals surface area contributed by atoms with Crippen LogP contribution >= 0.6 is 0 Å². The molecular weight excluding hydrogens is 221 g/mol. The van der Waals surface area contributed by atoms with Crippen molar-refractivity contribution in [1.29, 1.82) is 0 Å². The van der Waals surface area contributed by atoms with Gasteiger partial charge in [0.15, 0.2) is 0 Å². The minimum absolute atomic E-state index is 0.112. The molecule has 0 bridgehead atoms. The maximum atomic E-state index is 12.7. The van der Waals surface area contributed by atoms with Gasteiger partial charge in [0.1, 0.15) is 5.82 Å². The first kappa shape index (κ1) is 12.0. The normalized spacial score (nSPS) is 23.6. The first-order valence-electron chi connectivity index (χ1n) is 5.87. The number of rotatable bonds is 3. The van der Waals surface area contributed by atoms with Gasteiger partial charge >= 0.3 is 0 Å². The van der Waals surface area contributed by atoms with Crippen molar-refractivity contribution in [2.45, 2.75) is 31.9 Å². The molecule has 0 spiro atoms. The molecule has 0 aromatic heterocycles. The quantitative estimate of drug-likeness (QED) is 0.839. The monoisotopic (exact) mass is 237 g/mol. The van der Waals surface area contributed by atoms with Gasteiger partial charge in [-0.1, -0.05) is 12.1 Å². The SMILES string of the molecule is O=C(NCc1ccc(F)cc1)C1CCCC1O. The number of carbonyl (C=O) groups excluding carboxylic acids is 1. The predicted molar refractivity (Wildman–Crippen MR) is 61.6 cm³/mol.